The summed E-state index contributed by atoms with van der Waals surface area (Å²) in [6.45, 7) is 20.0. The average Bonchev–Trinajstić information content (AvgIpc) is 2.38. The Morgan fingerprint density at radius 2 is 0.931 bits per heavy atom. The van der Waals surface area contributed by atoms with Crippen molar-refractivity contribution < 1.29 is 0 Å². The Morgan fingerprint density at radius 3 is 1.24 bits per heavy atom. The first-order valence-electron chi connectivity index (χ1n) is 11.0. The molecular formula is C22H41N7. The van der Waals surface area contributed by atoms with E-state index in [-0.39, 0.29) is 22.2 Å². The minimum atomic E-state index is 0.0782. The molecule has 0 aromatic carbocycles. The molecule has 7 nitrogen and oxygen atoms in total. The number of anilines is 2. The van der Waals surface area contributed by atoms with Crippen LogP contribution in [0.1, 0.15) is 86.9 Å². The highest BCUT2D eigenvalue weighted by Gasteiger charge is 2.39. The summed E-state index contributed by atoms with van der Waals surface area (Å²) in [6.07, 6.45) is 4.11. The van der Waals surface area contributed by atoms with Crippen LogP contribution in [0.3, 0.4) is 0 Å². The number of hydrogen-bond donors (Lipinski definition) is 4. The summed E-state index contributed by atoms with van der Waals surface area (Å²) in [7, 11) is 0. The van der Waals surface area contributed by atoms with E-state index in [4.69, 9.17) is 4.98 Å². The molecule has 0 spiro atoms. The number of aryl methyl sites for hydroxylation is 1. The molecule has 0 radical (unpaired) electrons. The Balaban J connectivity index is 1.73. The van der Waals surface area contributed by atoms with Gasteiger partial charge >= 0.3 is 0 Å². The zero-order chi connectivity index (χ0) is 21.7. The molecule has 0 atom stereocenters. The summed E-state index contributed by atoms with van der Waals surface area (Å²) in [5.74, 6) is 2.09. The normalized spacial score (nSPS) is 26.1. The maximum atomic E-state index is 4.73. The SMILES string of the molecule is Cc1nc(NC2CC(C)(C)NC(C)(C)C2)nc(NC2CC(C)(C)NC(C)(C)C2)n1. The van der Waals surface area contributed by atoms with Crippen LogP contribution in [0.2, 0.25) is 0 Å². The third-order valence-corrected chi connectivity index (χ3v) is 5.79. The minimum Gasteiger partial charge on any atom is -0.351 e. The Hall–Kier alpha value is -1.47. The van der Waals surface area contributed by atoms with Gasteiger partial charge in [0, 0.05) is 34.2 Å². The van der Waals surface area contributed by atoms with Gasteiger partial charge in [0.1, 0.15) is 5.82 Å². The van der Waals surface area contributed by atoms with Gasteiger partial charge in [0.25, 0.3) is 0 Å². The van der Waals surface area contributed by atoms with Crippen molar-refractivity contribution in [2.75, 3.05) is 10.6 Å². The maximum Gasteiger partial charge on any atom is 0.227 e. The summed E-state index contributed by atoms with van der Waals surface area (Å²) in [4.78, 5) is 13.9. The Kier molecular flexibility index (Phi) is 5.63. The van der Waals surface area contributed by atoms with Gasteiger partial charge in [-0.2, -0.15) is 15.0 Å². The van der Waals surface area contributed by atoms with E-state index >= 15 is 0 Å². The van der Waals surface area contributed by atoms with E-state index in [0.29, 0.717) is 24.0 Å². The van der Waals surface area contributed by atoms with Crippen LogP contribution in [-0.4, -0.2) is 49.2 Å². The molecule has 0 saturated carbocycles. The molecule has 29 heavy (non-hydrogen) atoms. The number of aromatic nitrogens is 3. The van der Waals surface area contributed by atoms with E-state index in [0.717, 1.165) is 31.5 Å². The van der Waals surface area contributed by atoms with Gasteiger partial charge in [-0.05, 0) is 88.0 Å². The molecule has 2 saturated heterocycles. The molecule has 3 heterocycles. The average molecular weight is 404 g/mol. The topological polar surface area (TPSA) is 86.8 Å². The molecule has 2 aliphatic rings. The predicted octanol–water partition coefficient (Wildman–Crippen LogP) is 3.62. The van der Waals surface area contributed by atoms with Crippen molar-refractivity contribution >= 4 is 11.9 Å². The Morgan fingerprint density at radius 1 is 0.621 bits per heavy atom. The van der Waals surface area contributed by atoms with Gasteiger partial charge in [0.2, 0.25) is 11.9 Å². The molecule has 164 valence electrons. The van der Waals surface area contributed by atoms with Crippen molar-refractivity contribution in [3.8, 4) is 0 Å². The Bertz CT molecular complexity index is 648. The lowest BCUT2D eigenvalue weighted by Gasteiger charge is -2.46. The fourth-order valence-electron chi connectivity index (χ4n) is 5.82. The van der Waals surface area contributed by atoms with Crippen molar-refractivity contribution in [1.82, 2.24) is 25.6 Å². The highest BCUT2D eigenvalue weighted by atomic mass is 15.2. The standard InChI is InChI=1S/C22H41N7/c1-14-23-17(25-15-10-19(2,3)28-20(4,5)11-15)27-18(24-14)26-16-12-21(6,7)29-22(8,9)13-16/h15-16,28-29H,10-13H2,1-9H3,(H2,23,24,25,26,27). The lowest BCUT2D eigenvalue weighted by molar-refractivity contribution is 0.170. The zero-order valence-corrected chi connectivity index (χ0v) is 19.8. The quantitative estimate of drug-likeness (QED) is 0.611. The van der Waals surface area contributed by atoms with Gasteiger partial charge in [0.15, 0.2) is 0 Å². The van der Waals surface area contributed by atoms with Crippen LogP contribution in [-0.2, 0) is 0 Å². The second-order valence-corrected chi connectivity index (χ2v) is 11.8. The summed E-state index contributed by atoms with van der Waals surface area (Å²) >= 11 is 0. The molecule has 1 aromatic rings. The number of piperidine rings is 2. The second-order valence-electron chi connectivity index (χ2n) is 11.8. The highest BCUT2D eigenvalue weighted by Crippen LogP contribution is 2.31. The molecule has 2 aliphatic heterocycles. The summed E-state index contributed by atoms with van der Waals surface area (Å²) in [5.41, 5.74) is 0.313. The van der Waals surface area contributed by atoms with Crippen LogP contribution in [0.25, 0.3) is 0 Å². The van der Waals surface area contributed by atoms with Crippen LogP contribution in [0.15, 0.2) is 0 Å². The molecule has 0 amide bonds. The molecular weight excluding hydrogens is 362 g/mol. The number of nitrogens with one attached hydrogen (secondary N) is 4. The van der Waals surface area contributed by atoms with Crippen molar-refractivity contribution in [3.05, 3.63) is 5.82 Å². The first kappa shape index (κ1) is 22.2. The van der Waals surface area contributed by atoms with E-state index in [1.165, 1.54) is 0 Å². The van der Waals surface area contributed by atoms with E-state index in [9.17, 15) is 0 Å². The predicted molar refractivity (Wildman–Crippen MR) is 120 cm³/mol. The second kappa shape index (κ2) is 7.34. The van der Waals surface area contributed by atoms with Gasteiger partial charge in [0.05, 0.1) is 0 Å². The summed E-state index contributed by atoms with van der Waals surface area (Å²) < 4.78 is 0. The van der Waals surface area contributed by atoms with E-state index < -0.39 is 0 Å². The molecule has 1 aromatic heterocycles. The first-order valence-corrected chi connectivity index (χ1v) is 11.0. The molecule has 0 aliphatic carbocycles. The maximum absolute atomic E-state index is 4.73. The summed E-state index contributed by atoms with van der Waals surface area (Å²) in [6, 6.07) is 0.653. The Labute approximate surface area is 176 Å². The largest absolute Gasteiger partial charge is 0.351 e. The third-order valence-electron chi connectivity index (χ3n) is 5.79. The van der Waals surface area contributed by atoms with Gasteiger partial charge in [-0.1, -0.05) is 0 Å². The molecule has 7 heteroatoms. The fourth-order valence-corrected chi connectivity index (χ4v) is 5.82. The number of nitrogens with zero attached hydrogens (tertiary/aromatic N) is 3. The highest BCUT2D eigenvalue weighted by molar-refractivity contribution is 5.37. The van der Waals surface area contributed by atoms with Crippen molar-refractivity contribution in [3.63, 3.8) is 0 Å². The van der Waals surface area contributed by atoms with E-state index in [2.05, 4.69) is 86.6 Å². The molecule has 0 bridgehead atoms. The van der Waals surface area contributed by atoms with Crippen molar-refractivity contribution in [2.24, 2.45) is 0 Å². The van der Waals surface area contributed by atoms with Crippen LogP contribution in [0.4, 0.5) is 11.9 Å². The molecule has 2 fully saturated rings. The molecule has 3 rings (SSSR count). The van der Waals surface area contributed by atoms with Crippen molar-refractivity contribution in [1.29, 1.82) is 0 Å². The number of hydrogen-bond acceptors (Lipinski definition) is 7. The van der Waals surface area contributed by atoms with Crippen LogP contribution in [0.5, 0.6) is 0 Å². The fraction of sp³-hybridized carbons (Fsp3) is 0.864. The van der Waals surface area contributed by atoms with Crippen molar-refractivity contribution in [2.45, 2.75) is 122 Å². The van der Waals surface area contributed by atoms with E-state index in [1.54, 1.807) is 0 Å². The number of rotatable bonds is 4. The monoisotopic (exact) mass is 403 g/mol. The third kappa shape index (κ3) is 6.25. The molecule has 4 N–H and O–H groups in total. The van der Waals surface area contributed by atoms with Crippen LogP contribution >= 0.6 is 0 Å². The summed E-state index contributed by atoms with van der Waals surface area (Å²) in [5, 5.41) is 14.6. The van der Waals surface area contributed by atoms with Gasteiger partial charge in [-0.15, -0.1) is 0 Å². The smallest absolute Gasteiger partial charge is 0.227 e. The zero-order valence-electron chi connectivity index (χ0n) is 19.8. The lowest BCUT2D eigenvalue weighted by Crippen LogP contribution is -2.60. The van der Waals surface area contributed by atoms with Gasteiger partial charge in [-0.3, -0.25) is 0 Å². The van der Waals surface area contributed by atoms with E-state index in [1.807, 2.05) is 6.92 Å². The first-order chi connectivity index (χ1) is 13.1. The lowest BCUT2D eigenvalue weighted by atomic mass is 9.79. The van der Waals surface area contributed by atoms with Crippen LogP contribution in [0, 0.1) is 6.92 Å². The van der Waals surface area contributed by atoms with Gasteiger partial charge in [-0.25, -0.2) is 0 Å². The van der Waals surface area contributed by atoms with Crippen LogP contribution < -0.4 is 21.3 Å². The molecule has 0 unspecified atom stereocenters. The van der Waals surface area contributed by atoms with Gasteiger partial charge < -0.3 is 21.3 Å². The minimum absolute atomic E-state index is 0.0782.